The van der Waals surface area contributed by atoms with Crippen molar-refractivity contribution >= 4 is 28.2 Å². The molecule has 0 fully saturated rings. The van der Waals surface area contributed by atoms with Crippen molar-refractivity contribution in [1.29, 1.82) is 0 Å². The molecule has 0 bridgehead atoms. The van der Waals surface area contributed by atoms with Crippen molar-refractivity contribution in [3.05, 3.63) is 28.5 Å². The molecule has 0 aromatic carbocycles. The van der Waals surface area contributed by atoms with Gasteiger partial charge in [-0.05, 0) is 19.9 Å². The first-order valence-corrected chi connectivity index (χ1v) is 7.13. The summed E-state index contributed by atoms with van der Waals surface area (Å²) in [6.45, 7) is 5.06. The van der Waals surface area contributed by atoms with Crippen LogP contribution in [-0.2, 0) is 6.54 Å². The van der Waals surface area contributed by atoms with Crippen LogP contribution in [0.5, 0.6) is 0 Å². The molecule has 0 aliphatic carbocycles. The van der Waals surface area contributed by atoms with E-state index in [1.165, 1.54) is 11.3 Å². The molecule has 7 heteroatoms. The number of nitrogen functional groups attached to an aromatic ring is 1. The Kier molecular flexibility index (Phi) is 4.29. The van der Waals surface area contributed by atoms with E-state index in [4.69, 9.17) is 10.2 Å². The number of nitrogens with two attached hydrogens (primary N) is 1. The zero-order valence-electron chi connectivity index (χ0n) is 11.8. The SMILES string of the molecule is CCNc1nc(N)c(C(=O)N(C)Cc2ccoc2C)s1. The highest BCUT2D eigenvalue weighted by Crippen LogP contribution is 2.26. The Bertz CT molecular complexity index is 605. The summed E-state index contributed by atoms with van der Waals surface area (Å²) in [5.41, 5.74) is 6.79. The molecule has 0 saturated carbocycles. The number of nitrogens with zero attached hydrogens (tertiary/aromatic N) is 2. The molecule has 2 aromatic rings. The number of furan rings is 1. The van der Waals surface area contributed by atoms with Gasteiger partial charge in [-0.2, -0.15) is 0 Å². The van der Waals surface area contributed by atoms with Gasteiger partial charge in [-0.15, -0.1) is 0 Å². The third-order valence-corrected chi connectivity index (χ3v) is 3.91. The number of carbonyl (C=O) groups excluding carboxylic acids is 1. The lowest BCUT2D eigenvalue weighted by molar-refractivity contribution is 0.0790. The molecule has 2 heterocycles. The van der Waals surface area contributed by atoms with Gasteiger partial charge in [0.05, 0.1) is 6.26 Å². The van der Waals surface area contributed by atoms with Gasteiger partial charge in [0.15, 0.2) is 5.13 Å². The van der Waals surface area contributed by atoms with Gasteiger partial charge in [-0.1, -0.05) is 11.3 Å². The zero-order chi connectivity index (χ0) is 14.7. The second-order valence-corrected chi connectivity index (χ2v) is 5.43. The molecule has 0 atom stereocenters. The fraction of sp³-hybridized carbons (Fsp3) is 0.385. The second-order valence-electron chi connectivity index (χ2n) is 4.43. The molecule has 0 aliphatic rings. The molecule has 0 saturated heterocycles. The third-order valence-electron chi connectivity index (χ3n) is 2.90. The highest BCUT2D eigenvalue weighted by Gasteiger charge is 2.20. The molecule has 0 spiro atoms. The summed E-state index contributed by atoms with van der Waals surface area (Å²) in [4.78, 5) is 18.6. The van der Waals surface area contributed by atoms with Crippen LogP contribution in [0.25, 0.3) is 0 Å². The van der Waals surface area contributed by atoms with Crippen LogP contribution >= 0.6 is 11.3 Å². The number of thiazole rings is 1. The average molecular weight is 294 g/mol. The minimum atomic E-state index is -0.134. The lowest BCUT2D eigenvalue weighted by atomic mass is 10.2. The van der Waals surface area contributed by atoms with Crippen LogP contribution in [0.2, 0.25) is 0 Å². The Morgan fingerprint density at radius 3 is 2.95 bits per heavy atom. The highest BCUT2D eigenvalue weighted by molar-refractivity contribution is 7.18. The van der Waals surface area contributed by atoms with E-state index >= 15 is 0 Å². The largest absolute Gasteiger partial charge is 0.469 e. The maximum Gasteiger partial charge on any atom is 0.267 e. The van der Waals surface area contributed by atoms with Crippen LogP contribution < -0.4 is 11.1 Å². The molecule has 2 rings (SSSR count). The van der Waals surface area contributed by atoms with Gasteiger partial charge < -0.3 is 20.4 Å². The average Bonchev–Trinajstić information content (AvgIpc) is 2.96. The molecule has 6 nitrogen and oxygen atoms in total. The summed E-state index contributed by atoms with van der Waals surface area (Å²) >= 11 is 1.28. The molecule has 108 valence electrons. The van der Waals surface area contributed by atoms with Crippen molar-refractivity contribution in [3.63, 3.8) is 0 Å². The van der Waals surface area contributed by atoms with Gasteiger partial charge in [0.2, 0.25) is 0 Å². The smallest absolute Gasteiger partial charge is 0.267 e. The predicted molar refractivity (Wildman–Crippen MR) is 79.9 cm³/mol. The minimum absolute atomic E-state index is 0.134. The van der Waals surface area contributed by atoms with Crippen molar-refractivity contribution in [2.75, 3.05) is 24.6 Å². The summed E-state index contributed by atoms with van der Waals surface area (Å²) < 4.78 is 5.23. The number of aromatic nitrogens is 1. The van der Waals surface area contributed by atoms with E-state index in [1.54, 1.807) is 18.2 Å². The van der Waals surface area contributed by atoms with Gasteiger partial charge in [-0.25, -0.2) is 4.98 Å². The van der Waals surface area contributed by atoms with Gasteiger partial charge in [-0.3, -0.25) is 4.79 Å². The molecule has 20 heavy (non-hydrogen) atoms. The molecule has 3 N–H and O–H groups in total. The van der Waals surface area contributed by atoms with E-state index in [0.29, 0.717) is 16.6 Å². The highest BCUT2D eigenvalue weighted by atomic mass is 32.1. The number of anilines is 2. The number of aryl methyl sites for hydroxylation is 1. The molecule has 1 amide bonds. The van der Waals surface area contributed by atoms with Gasteiger partial charge >= 0.3 is 0 Å². The number of nitrogens with one attached hydrogen (secondary N) is 1. The van der Waals surface area contributed by atoms with E-state index in [2.05, 4.69) is 10.3 Å². The fourth-order valence-electron chi connectivity index (χ4n) is 1.79. The number of amides is 1. The van der Waals surface area contributed by atoms with Crippen LogP contribution in [0, 0.1) is 6.92 Å². The summed E-state index contributed by atoms with van der Waals surface area (Å²) in [6.07, 6.45) is 1.62. The third kappa shape index (κ3) is 2.93. The normalized spacial score (nSPS) is 10.6. The van der Waals surface area contributed by atoms with Crippen LogP contribution in [0.4, 0.5) is 10.9 Å². The minimum Gasteiger partial charge on any atom is -0.469 e. The molecule has 0 radical (unpaired) electrons. The van der Waals surface area contributed by atoms with Crippen LogP contribution in [-0.4, -0.2) is 29.4 Å². The summed E-state index contributed by atoms with van der Waals surface area (Å²) in [6, 6.07) is 1.86. The van der Waals surface area contributed by atoms with Crippen molar-refractivity contribution < 1.29 is 9.21 Å². The Labute approximate surface area is 121 Å². The van der Waals surface area contributed by atoms with Crippen molar-refractivity contribution in [2.24, 2.45) is 0 Å². The summed E-state index contributed by atoms with van der Waals surface area (Å²) in [5.74, 6) is 0.951. The Morgan fingerprint density at radius 2 is 2.35 bits per heavy atom. The lowest BCUT2D eigenvalue weighted by Gasteiger charge is -2.15. The fourth-order valence-corrected chi connectivity index (χ4v) is 2.74. The molecule has 0 unspecified atom stereocenters. The Morgan fingerprint density at radius 1 is 1.60 bits per heavy atom. The van der Waals surface area contributed by atoms with Crippen LogP contribution in [0.15, 0.2) is 16.7 Å². The van der Waals surface area contributed by atoms with Gasteiger partial charge in [0.1, 0.15) is 16.5 Å². The Balaban J connectivity index is 2.12. The molecular weight excluding hydrogens is 276 g/mol. The topological polar surface area (TPSA) is 84.4 Å². The van der Waals surface area contributed by atoms with Crippen molar-refractivity contribution in [2.45, 2.75) is 20.4 Å². The maximum absolute atomic E-state index is 12.4. The molecule has 0 aliphatic heterocycles. The molecule has 2 aromatic heterocycles. The summed E-state index contributed by atoms with van der Waals surface area (Å²) in [5, 5.41) is 3.73. The quantitative estimate of drug-likeness (QED) is 0.884. The zero-order valence-corrected chi connectivity index (χ0v) is 12.6. The number of hydrogen-bond acceptors (Lipinski definition) is 6. The van der Waals surface area contributed by atoms with Crippen molar-refractivity contribution in [1.82, 2.24) is 9.88 Å². The van der Waals surface area contributed by atoms with Gasteiger partial charge in [0, 0.05) is 25.7 Å². The van der Waals surface area contributed by atoms with Crippen LogP contribution in [0.3, 0.4) is 0 Å². The van der Waals surface area contributed by atoms with Gasteiger partial charge in [0.25, 0.3) is 5.91 Å². The van der Waals surface area contributed by atoms with Crippen molar-refractivity contribution in [3.8, 4) is 0 Å². The second kappa shape index (κ2) is 5.96. The predicted octanol–water partition coefficient (Wildman–Crippen LogP) is 2.33. The lowest BCUT2D eigenvalue weighted by Crippen LogP contribution is -2.26. The number of hydrogen-bond donors (Lipinski definition) is 2. The first-order chi connectivity index (χ1) is 9.52. The standard InChI is InChI=1S/C13H18N4O2S/c1-4-15-13-16-11(14)10(20-13)12(18)17(3)7-9-5-6-19-8(9)2/h5-6H,4,7,14H2,1-3H3,(H,15,16). The van der Waals surface area contributed by atoms with Crippen LogP contribution in [0.1, 0.15) is 27.9 Å². The van der Waals surface area contributed by atoms with E-state index < -0.39 is 0 Å². The monoisotopic (exact) mass is 294 g/mol. The van der Waals surface area contributed by atoms with E-state index in [9.17, 15) is 4.79 Å². The summed E-state index contributed by atoms with van der Waals surface area (Å²) in [7, 11) is 1.74. The van der Waals surface area contributed by atoms with E-state index in [1.807, 2.05) is 19.9 Å². The first-order valence-electron chi connectivity index (χ1n) is 6.31. The number of rotatable bonds is 5. The Hall–Kier alpha value is -2.02. The maximum atomic E-state index is 12.4. The number of carbonyl (C=O) groups is 1. The van der Waals surface area contributed by atoms with E-state index in [-0.39, 0.29) is 11.7 Å². The molecular formula is C13H18N4O2S. The van der Waals surface area contributed by atoms with E-state index in [0.717, 1.165) is 17.9 Å². The first kappa shape index (κ1) is 14.4.